The summed E-state index contributed by atoms with van der Waals surface area (Å²) >= 11 is 0. The van der Waals surface area contributed by atoms with Crippen LogP contribution in [-0.4, -0.2) is 32.1 Å². The Hall–Kier alpha value is -4.26. The zero-order valence-electron chi connectivity index (χ0n) is 19.1. The summed E-state index contributed by atoms with van der Waals surface area (Å²) in [5, 5.41) is 5.86. The average Bonchev–Trinajstić information content (AvgIpc) is 3.68. The molecule has 1 aliphatic carbocycles. The first-order valence-corrected chi connectivity index (χ1v) is 11.0. The van der Waals surface area contributed by atoms with Crippen LogP contribution in [0.15, 0.2) is 66.7 Å². The van der Waals surface area contributed by atoms with Gasteiger partial charge >= 0.3 is 0 Å². The second kappa shape index (κ2) is 10.1. The Morgan fingerprint density at radius 1 is 0.971 bits per heavy atom. The van der Waals surface area contributed by atoms with Crippen LogP contribution in [0.1, 0.15) is 34.3 Å². The number of ether oxygens (including phenoxy) is 2. The van der Waals surface area contributed by atoms with Gasteiger partial charge in [0.25, 0.3) is 11.8 Å². The van der Waals surface area contributed by atoms with Gasteiger partial charge in [0.05, 0.1) is 31.2 Å². The zero-order chi connectivity index (χ0) is 24.1. The summed E-state index contributed by atoms with van der Waals surface area (Å²) in [5.74, 6) is 0.731. The van der Waals surface area contributed by atoms with E-state index in [1.54, 1.807) is 74.9 Å². The van der Waals surface area contributed by atoms with E-state index in [4.69, 9.17) is 15.2 Å². The first-order valence-electron chi connectivity index (χ1n) is 11.0. The summed E-state index contributed by atoms with van der Waals surface area (Å²) in [7, 11) is 3.14. The molecule has 174 valence electrons. The standard InChI is InChI=1S/C27H27N3O4/c1-33-20-13-14-21(25(16-20)34-2)22(27(32)29-19-11-12-19)15-17-7-9-18(10-8-17)26(31)30-24-6-4-3-5-23(24)28/h3-10,13-16,19H,11-12,28H2,1-2H3,(H,29,32)(H,30,31). The van der Waals surface area contributed by atoms with Crippen LogP contribution in [0.5, 0.6) is 11.5 Å². The van der Waals surface area contributed by atoms with Crippen molar-refractivity contribution in [1.29, 1.82) is 0 Å². The third-order valence-corrected chi connectivity index (χ3v) is 5.55. The lowest BCUT2D eigenvalue weighted by Gasteiger charge is -2.14. The number of nitrogen functional groups attached to an aromatic ring is 1. The minimum absolute atomic E-state index is 0.174. The number of nitrogens with two attached hydrogens (primary N) is 1. The maximum absolute atomic E-state index is 13.1. The monoisotopic (exact) mass is 457 g/mol. The van der Waals surface area contributed by atoms with Crippen LogP contribution in [0.4, 0.5) is 11.4 Å². The molecule has 34 heavy (non-hydrogen) atoms. The van der Waals surface area contributed by atoms with E-state index in [9.17, 15) is 9.59 Å². The maximum atomic E-state index is 13.1. The van der Waals surface area contributed by atoms with Gasteiger partial charge in [-0.15, -0.1) is 0 Å². The summed E-state index contributed by atoms with van der Waals surface area (Å²) in [5.41, 5.74) is 9.34. The molecule has 0 bridgehead atoms. The third kappa shape index (κ3) is 5.38. The van der Waals surface area contributed by atoms with E-state index in [2.05, 4.69) is 10.6 Å². The first kappa shape index (κ1) is 22.9. The predicted molar refractivity (Wildman–Crippen MR) is 134 cm³/mol. The van der Waals surface area contributed by atoms with Crippen LogP contribution in [0, 0.1) is 0 Å². The number of benzene rings is 3. The molecule has 1 fully saturated rings. The predicted octanol–water partition coefficient (Wildman–Crippen LogP) is 4.36. The second-order valence-corrected chi connectivity index (χ2v) is 8.04. The molecule has 2 amide bonds. The highest BCUT2D eigenvalue weighted by Crippen LogP contribution is 2.32. The summed E-state index contributed by atoms with van der Waals surface area (Å²) < 4.78 is 10.8. The molecular formula is C27H27N3O4. The lowest BCUT2D eigenvalue weighted by atomic mass is 10.00. The Labute approximate surface area is 198 Å². The smallest absolute Gasteiger partial charge is 0.255 e. The summed E-state index contributed by atoms with van der Waals surface area (Å²) in [6, 6.07) is 19.6. The fourth-order valence-electron chi connectivity index (χ4n) is 3.48. The Kier molecular flexibility index (Phi) is 6.82. The number of rotatable bonds is 8. The largest absolute Gasteiger partial charge is 0.497 e. The minimum atomic E-state index is -0.267. The van der Waals surface area contributed by atoms with Crippen LogP contribution in [-0.2, 0) is 4.79 Å². The van der Waals surface area contributed by atoms with Gasteiger partial charge in [-0.2, -0.15) is 0 Å². The summed E-state index contributed by atoms with van der Waals surface area (Å²) in [6.07, 6.45) is 3.75. The fraction of sp³-hybridized carbons (Fsp3) is 0.185. The van der Waals surface area contributed by atoms with Gasteiger partial charge in [-0.25, -0.2) is 0 Å². The molecule has 0 atom stereocenters. The number of anilines is 2. The molecule has 7 nitrogen and oxygen atoms in total. The third-order valence-electron chi connectivity index (χ3n) is 5.55. The van der Waals surface area contributed by atoms with Crippen molar-refractivity contribution >= 4 is 34.8 Å². The van der Waals surface area contributed by atoms with E-state index in [1.165, 1.54) is 0 Å². The molecule has 4 rings (SSSR count). The molecule has 0 aromatic heterocycles. The molecule has 7 heteroatoms. The number of para-hydroxylation sites is 2. The maximum Gasteiger partial charge on any atom is 0.255 e. The lowest BCUT2D eigenvalue weighted by Crippen LogP contribution is -2.26. The molecule has 0 heterocycles. The van der Waals surface area contributed by atoms with Crippen molar-refractivity contribution in [2.45, 2.75) is 18.9 Å². The zero-order valence-corrected chi connectivity index (χ0v) is 19.1. The van der Waals surface area contributed by atoms with Gasteiger partial charge < -0.3 is 25.8 Å². The molecule has 0 unspecified atom stereocenters. The molecule has 1 saturated carbocycles. The number of methoxy groups -OCH3 is 2. The van der Waals surface area contributed by atoms with E-state index in [-0.39, 0.29) is 17.9 Å². The number of carbonyl (C=O) groups is 2. The van der Waals surface area contributed by atoms with Gasteiger partial charge in [0.2, 0.25) is 0 Å². The van der Waals surface area contributed by atoms with E-state index < -0.39 is 0 Å². The molecule has 3 aromatic carbocycles. The lowest BCUT2D eigenvalue weighted by molar-refractivity contribution is -0.115. The fourth-order valence-corrected chi connectivity index (χ4v) is 3.48. The summed E-state index contributed by atoms with van der Waals surface area (Å²) in [4.78, 5) is 25.7. The molecule has 4 N–H and O–H groups in total. The average molecular weight is 458 g/mol. The normalized spacial score (nSPS) is 13.2. The molecule has 1 aliphatic rings. The second-order valence-electron chi connectivity index (χ2n) is 8.04. The van der Waals surface area contributed by atoms with Gasteiger partial charge in [0.15, 0.2) is 0 Å². The van der Waals surface area contributed by atoms with Crippen molar-refractivity contribution in [1.82, 2.24) is 5.32 Å². The minimum Gasteiger partial charge on any atom is -0.497 e. The van der Waals surface area contributed by atoms with E-state index >= 15 is 0 Å². The Balaban J connectivity index is 1.62. The van der Waals surface area contributed by atoms with Crippen LogP contribution in [0.2, 0.25) is 0 Å². The number of nitrogens with one attached hydrogen (secondary N) is 2. The highest BCUT2D eigenvalue weighted by Gasteiger charge is 2.26. The Bertz CT molecular complexity index is 1230. The Morgan fingerprint density at radius 3 is 2.35 bits per heavy atom. The van der Waals surface area contributed by atoms with Gasteiger partial charge in [-0.1, -0.05) is 24.3 Å². The van der Waals surface area contributed by atoms with Crippen molar-refractivity contribution in [3.05, 3.63) is 83.4 Å². The van der Waals surface area contributed by atoms with E-state index in [1.807, 2.05) is 12.1 Å². The van der Waals surface area contributed by atoms with Crippen LogP contribution in [0.3, 0.4) is 0 Å². The Morgan fingerprint density at radius 2 is 1.71 bits per heavy atom. The first-order chi connectivity index (χ1) is 16.5. The SMILES string of the molecule is COc1ccc(C(=Cc2ccc(C(=O)Nc3ccccc3N)cc2)C(=O)NC2CC2)c(OC)c1. The topological polar surface area (TPSA) is 103 Å². The highest BCUT2D eigenvalue weighted by molar-refractivity contribution is 6.25. The number of carbonyl (C=O) groups excluding carboxylic acids is 2. The number of amides is 2. The molecular weight excluding hydrogens is 430 g/mol. The van der Waals surface area contributed by atoms with Gasteiger partial charge in [-0.05, 0) is 60.9 Å². The van der Waals surface area contributed by atoms with Crippen LogP contribution in [0.25, 0.3) is 11.6 Å². The molecule has 0 radical (unpaired) electrons. The van der Waals surface area contributed by atoms with Crippen molar-refractivity contribution in [2.75, 3.05) is 25.3 Å². The van der Waals surface area contributed by atoms with Crippen molar-refractivity contribution in [3.63, 3.8) is 0 Å². The van der Waals surface area contributed by atoms with Crippen LogP contribution < -0.4 is 25.8 Å². The van der Waals surface area contributed by atoms with E-state index in [0.717, 1.165) is 18.4 Å². The van der Waals surface area contributed by atoms with Gasteiger partial charge in [-0.3, -0.25) is 9.59 Å². The number of hydrogen-bond donors (Lipinski definition) is 3. The molecule has 0 spiro atoms. The van der Waals surface area contributed by atoms with Gasteiger partial charge in [0.1, 0.15) is 11.5 Å². The number of hydrogen-bond acceptors (Lipinski definition) is 5. The van der Waals surface area contributed by atoms with E-state index in [0.29, 0.717) is 39.6 Å². The van der Waals surface area contributed by atoms with Crippen LogP contribution >= 0.6 is 0 Å². The quantitative estimate of drug-likeness (QED) is 0.265. The van der Waals surface area contributed by atoms with Crippen molar-refractivity contribution in [3.8, 4) is 11.5 Å². The summed E-state index contributed by atoms with van der Waals surface area (Å²) in [6.45, 7) is 0. The van der Waals surface area contributed by atoms with Crippen molar-refractivity contribution < 1.29 is 19.1 Å². The molecule has 0 aliphatic heterocycles. The molecule has 3 aromatic rings. The molecule has 0 saturated heterocycles. The highest BCUT2D eigenvalue weighted by atomic mass is 16.5. The van der Waals surface area contributed by atoms with Gasteiger partial charge in [0, 0.05) is 23.2 Å². The van der Waals surface area contributed by atoms with Crippen molar-refractivity contribution in [2.24, 2.45) is 0 Å².